The molecule has 2 aromatic rings. The van der Waals surface area contributed by atoms with Gasteiger partial charge in [-0.3, -0.25) is 4.79 Å². The van der Waals surface area contributed by atoms with E-state index in [2.05, 4.69) is 24.1 Å². The zero-order valence-electron chi connectivity index (χ0n) is 13.4. The number of nitrogens with zero attached hydrogens (tertiary/aromatic N) is 2. The number of amides is 1. The molecule has 1 amide bonds. The molecule has 0 bridgehead atoms. The van der Waals surface area contributed by atoms with Gasteiger partial charge in [0.05, 0.1) is 0 Å². The number of anilines is 1. The maximum absolute atomic E-state index is 12.3. The Morgan fingerprint density at radius 3 is 2.68 bits per heavy atom. The van der Waals surface area contributed by atoms with Crippen LogP contribution in [0.3, 0.4) is 0 Å². The zero-order chi connectivity index (χ0) is 15.7. The van der Waals surface area contributed by atoms with Crippen molar-refractivity contribution >= 4 is 22.7 Å². The van der Waals surface area contributed by atoms with E-state index in [1.165, 1.54) is 0 Å². The van der Waals surface area contributed by atoms with Gasteiger partial charge in [-0.1, -0.05) is 13.8 Å². The molecule has 22 heavy (non-hydrogen) atoms. The molecule has 1 aromatic carbocycles. The summed E-state index contributed by atoms with van der Waals surface area (Å²) in [5.74, 6) is 1.17. The summed E-state index contributed by atoms with van der Waals surface area (Å²) in [6, 6.07) is 5.56. The molecule has 1 saturated heterocycles. The molecule has 5 nitrogen and oxygen atoms in total. The van der Waals surface area contributed by atoms with E-state index in [9.17, 15) is 4.79 Å². The molecule has 0 spiro atoms. The summed E-state index contributed by atoms with van der Waals surface area (Å²) in [4.78, 5) is 18.8. The first-order chi connectivity index (χ1) is 10.5. The zero-order valence-corrected chi connectivity index (χ0v) is 13.4. The van der Waals surface area contributed by atoms with Crippen molar-refractivity contribution in [2.75, 3.05) is 18.4 Å². The van der Waals surface area contributed by atoms with E-state index >= 15 is 0 Å². The van der Waals surface area contributed by atoms with E-state index in [0.29, 0.717) is 0 Å². The predicted molar refractivity (Wildman–Crippen MR) is 87.0 cm³/mol. The minimum atomic E-state index is -0.230. The van der Waals surface area contributed by atoms with Gasteiger partial charge in [0.25, 0.3) is 0 Å². The maximum Gasteiger partial charge on any atom is 0.244 e. The third kappa shape index (κ3) is 2.93. The van der Waals surface area contributed by atoms with Crippen LogP contribution in [0.15, 0.2) is 22.6 Å². The Labute approximate surface area is 130 Å². The van der Waals surface area contributed by atoms with E-state index in [1.807, 2.05) is 30.0 Å². The normalized spacial score (nSPS) is 16.5. The number of benzene rings is 1. The molecule has 1 atom stereocenters. The summed E-state index contributed by atoms with van der Waals surface area (Å²) >= 11 is 0. The molecule has 0 aliphatic carbocycles. The second kappa shape index (κ2) is 5.99. The third-order valence-corrected chi connectivity index (χ3v) is 4.07. The Kier molecular flexibility index (Phi) is 4.05. The Hall–Kier alpha value is -2.04. The number of likely N-dealkylation sites (tertiary alicyclic amines) is 1. The van der Waals surface area contributed by atoms with Crippen molar-refractivity contribution in [3.63, 3.8) is 0 Å². The van der Waals surface area contributed by atoms with Gasteiger partial charge >= 0.3 is 0 Å². The molecule has 1 N–H and O–H groups in total. The lowest BCUT2D eigenvalue weighted by Gasteiger charge is -2.21. The average molecular weight is 301 g/mol. The summed E-state index contributed by atoms with van der Waals surface area (Å²) in [5, 5.41) is 3.28. The van der Waals surface area contributed by atoms with Crippen LogP contribution < -0.4 is 5.32 Å². The number of oxazole rings is 1. The number of nitrogens with one attached hydrogen (secondary N) is 1. The van der Waals surface area contributed by atoms with Crippen LogP contribution in [0.2, 0.25) is 0 Å². The van der Waals surface area contributed by atoms with Gasteiger partial charge in [-0.25, -0.2) is 4.98 Å². The van der Waals surface area contributed by atoms with Crippen LogP contribution in [0, 0.1) is 0 Å². The summed E-state index contributed by atoms with van der Waals surface area (Å²) in [6.45, 7) is 7.78. The first-order valence-corrected chi connectivity index (χ1v) is 8.00. The molecule has 3 rings (SSSR count). The molecule has 1 aliphatic rings. The standard InChI is InChI=1S/C17H23N3O2/c1-11(2)16-19-14-10-13(6-7-15(14)22-16)18-12(3)17(21)20-8-4-5-9-20/h6-7,10-12,18H,4-5,8-9H2,1-3H3/t12-/m0/s1. The van der Waals surface area contributed by atoms with Crippen molar-refractivity contribution in [2.24, 2.45) is 0 Å². The molecule has 1 aliphatic heterocycles. The highest BCUT2D eigenvalue weighted by molar-refractivity contribution is 5.85. The monoisotopic (exact) mass is 301 g/mol. The number of hydrogen-bond acceptors (Lipinski definition) is 4. The van der Waals surface area contributed by atoms with Gasteiger partial charge in [0, 0.05) is 24.7 Å². The van der Waals surface area contributed by atoms with E-state index in [0.717, 1.165) is 48.6 Å². The summed E-state index contributed by atoms with van der Waals surface area (Å²) in [5.41, 5.74) is 2.51. The van der Waals surface area contributed by atoms with Crippen LogP contribution in [-0.4, -0.2) is 34.9 Å². The molecule has 2 heterocycles. The van der Waals surface area contributed by atoms with Crippen LogP contribution in [0.1, 0.15) is 45.4 Å². The first-order valence-electron chi connectivity index (χ1n) is 8.00. The number of hydrogen-bond donors (Lipinski definition) is 1. The number of carbonyl (C=O) groups is 1. The highest BCUT2D eigenvalue weighted by Gasteiger charge is 2.23. The van der Waals surface area contributed by atoms with Gasteiger partial charge in [0.2, 0.25) is 5.91 Å². The lowest BCUT2D eigenvalue weighted by atomic mass is 10.2. The fraction of sp³-hybridized carbons (Fsp3) is 0.529. The largest absolute Gasteiger partial charge is 0.440 e. The minimum absolute atomic E-state index is 0.167. The van der Waals surface area contributed by atoms with Crippen LogP contribution >= 0.6 is 0 Å². The molecule has 5 heteroatoms. The smallest absolute Gasteiger partial charge is 0.244 e. The number of aromatic nitrogens is 1. The Bertz CT molecular complexity index is 672. The maximum atomic E-state index is 12.3. The van der Waals surface area contributed by atoms with Gasteiger partial charge in [-0.05, 0) is 38.0 Å². The number of rotatable bonds is 4. The average Bonchev–Trinajstić information content (AvgIpc) is 3.15. The molecule has 0 saturated carbocycles. The van der Waals surface area contributed by atoms with Crippen LogP contribution in [0.25, 0.3) is 11.1 Å². The molecule has 0 radical (unpaired) electrons. The lowest BCUT2D eigenvalue weighted by Crippen LogP contribution is -2.39. The topological polar surface area (TPSA) is 58.4 Å². The van der Waals surface area contributed by atoms with Gasteiger partial charge in [-0.2, -0.15) is 0 Å². The van der Waals surface area contributed by atoms with Crippen molar-refractivity contribution in [3.05, 3.63) is 24.1 Å². The number of carbonyl (C=O) groups excluding carboxylic acids is 1. The van der Waals surface area contributed by atoms with Crippen molar-refractivity contribution in [1.29, 1.82) is 0 Å². The second-order valence-corrected chi connectivity index (χ2v) is 6.29. The van der Waals surface area contributed by atoms with E-state index in [1.54, 1.807) is 0 Å². The summed E-state index contributed by atoms with van der Waals surface area (Å²) in [7, 11) is 0. The highest BCUT2D eigenvalue weighted by Crippen LogP contribution is 2.24. The molecule has 118 valence electrons. The lowest BCUT2D eigenvalue weighted by molar-refractivity contribution is -0.130. The second-order valence-electron chi connectivity index (χ2n) is 6.29. The van der Waals surface area contributed by atoms with Gasteiger partial charge < -0.3 is 14.6 Å². The van der Waals surface area contributed by atoms with Crippen LogP contribution in [0.5, 0.6) is 0 Å². The van der Waals surface area contributed by atoms with Crippen molar-refractivity contribution in [2.45, 2.75) is 45.6 Å². The quantitative estimate of drug-likeness (QED) is 0.940. The van der Waals surface area contributed by atoms with Crippen LogP contribution in [0.4, 0.5) is 5.69 Å². The predicted octanol–water partition coefficient (Wildman–Crippen LogP) is 3.37. The Morgan fingerprint density at radius 2 is 2.00 bits per heavy atom. The minimum Gasteiger partial charge on any atom is -0.440 e. The van der Waals surface area contributed by atoms with Crippen molar-refractivity contribution in [1.82, 2.24) is 9.88 Å². The molecule has 1 aromatic heterocycles. The summed E-state index contributed by atoms with van der Waals surface area (Å²) < 4.78 is 5.70. The van der Waals surface area contributed by atoms with Crippen molar-refractivity contribution < 1.29 is 9.21 Å². The van der Waals surface area contributed by atoms with E-state index < -0.39 is 0 Å². The molecular formula is C17H23N3O2. The third-order valence-electron chi connectivity index (χ3n) is 4.07. The van der Waals surface area contributed by atoms with E-state index in [4.69, 9.17) is 4.42 Å². The molecular weight excluding hydrogens is 278 g/mol. The number of fused-ring (bicyclic) bond motifs is 1. The van der Waals surface area contributed by atoms with E-state index in [-0.39, 0.29) is 17.9 Å². The fourth-order valence-electron chi connectivity index (χ4n) is 2.81. The highest BCUT2D eigenvalue weighted by atomic mass is 16.3. The molecule has 0 unspecified atom stereocenters. The van der Waals surface area contributed by atoms with Crippen LogP contribution in [-0.2, 0) is 4.79 Å². The molecule has 1 fully saturated rings. The van der Waals surface area contributed by atoms with Gasteiger partial charge in [-0.15, -0.1) is 0 Å². The van der Waals surface area contributed by atoms with Gasteiger partial charge in [0.15, 0.2) is 11.5 Å². The SMILES string of the molecule is CC(C)c1nc2cc(N[C@@H](C)C(=O)N3CCCC3)ccc2o1. The summed E-state index contributed by atoms with van der Waals surface area (Å²) in [6.07, 6.45) is 2.22. The fourth-order valence-corrected chi connectivity index (χ4v) is 2.81. The van der Waals surface area contributed by atoms with Crippen molar-refractivity contribution in [3.8, 4) is 0 Å². The van der Waals surface area contributed by atoms with Gasteiger partial charge in [0.1, 0.15) is 11.6 Å². The Morgan fingerprint density at radius 1 is 1.27 bits per heavy atom. The Balaban J connectivity index is 1.74. The first kappa shape index (κ1) is 14.9.